The maximum absolute atomic E-state index is 13.2. The molecule has 0 radical (unpaired) electrons. The summed E-state index contributed by atoms with van der Waals surface area (Å²) in [5.74, 6) is -0.501. The Hall–Kier alpha value is -1.92. The summed E-state index contributed by atoms with van der Waals surface area (Å²) in [5.41, 5.74) is 0. The van der Waals surface area contributed by atoms with Crippen LogP contribution in [-0.2, 0) is 14.3 Å². The molecule has 0 fully saturated rings. The molecule has 0 aromatic rings. The average Bonchev–Trinajstić information content (AvgIpc) is 3.28. The summed E-state index contributed by atoms with van der Waals surface area (Å²) in [4.78, 5) is 26.2. The van der Waals surface area contributed by atoms with Crippen LogP contribution in [0.2, 0.25) is 0 Å². The van der Waals surface area contributed by atoms with Crippen molar-refractivity contribution in [3.63, 3.8) is 0 Å². The maximum atomic E-state index is 13.2. The number of allylic oxidation sites excluding steroid dienone is 6. The molecule has 0 bridgehead atoms. The number of carbonyl (C=O) groups excluding carboxylic acids is 2. The lowest BCUT2D eigenvalue weighted by Gasteiger charge is -2.24. The predicted molar refractivity (Wildman–Crippen MR) is 273 cm³/mol. The fraction of sp³-hybridized carbons (Fsp3) is 0.860. The molecule has 0 aliphatic carbocycles. The third kappa shape index (κ3) is 46.4. The van der Waals surface area contributed by atoms with E-state index in [9.17, 15) is 19.8 Å². The largest absolute Gasteiger partial charge is 0.462 e. The SMILES string of the molecule is CCCCC/C=C\C/C=C\CCCCCCCCCC(=O)OC(CCC/C=C\CCCCCCCCC)CC(=O)NC(CO)C(O)CCCCCCCCCCCCCCCCC. The molecule has 3 atom stereocenters. The number of hydrogen-bond donors (Lipinski definition) is 3. The van der Waals surface area contributed by atoms with Crippen molar-refractivity contribution in [2.75, 3.05) is 6.61 Å². The minimum absolute atomic E-state index is 0.0562. The van der Waals surface area contributed by atoms with Crippen molar-refractivity contribution in [3.8, 4) is 0 Å². The normalized spacial score (nSPS) is 13.4. The number of carbonyl (C=O) groups is 2. The first kappa shape index (κ1) is 61.1. The second kappa shape index (κ2) is 51.1. The quantitative estimate of drug-likeness (QED) is 0.0321. The minimum atomic E-state index is -0.794. The van der Waals surface area contributed by atoms with Crippen LogP contribution in [-0.4, -0.2) is 46.9 Å². The number of amides is 1. The summed E-state index contributed by atoms with van der Waals surface area (Å²) in [6, 6.07) is -0.709. The summed E-state index contributed by atoms with van der Waals surface area (Å²) < 4.78 is 5.93. The Balaban J connectivity index is 4.53. The molecule has 3 N–H and O–H groups in total. The van der Waals surface area contributed by atoms with Crippen LogP contribution in [0.1, 0.15) is 290 Å². The summed E-state index contributed by atoms with van der Waals surface area (Å²) in [5, 5.41) is 23.8. The van der Waals surface area contributed by atoms with Crippen molar-refractivity contribution in [2.24, 2.45) is 0 Å². The zero-order valence-electron chi connectivity index (χ0n) is 42.2. The zero-order valence-corrected chi connectivity index (χ0v) is 42.2. The second-order valence-corrected chi connectivity index (χ2v) is 19.0. The predicted octanol–water partition coefficient (Wildman–Crippen LogP) is 16.8. The highest BCUT2D eigenvalue weighted by molar-refractivity contribution is 5.77. The molecular formula is C57H107NO5. The first-order valence-corrected chi connectivity index (χ1v) is 27.7. The van der Waals surface area contributed by atoms with Crippen molar-refractivity contribution in [1.29, 1.82) is 0 Å². The molecule has 0 rings (SSSR count). The van der Waals surface area contributed by atoms with E-state index in [2.05, 4.69) is 62.5 Å². The van der Waals surface area contributed by atoms with Gasteiger partial charge in [-0.1, -0.05) is 237 Å². The molecule has 0 aliphatic heterocycles. The molecule has 0 heterocycles. The highest BCUT2D eigenvalue weighted by Gasteiger charge is 2.24. The van der Waals surface area contributed by atoms with Gasteiger partial charge in [0.1, 0.15) is 6.10 Å². The highest BCUT2D eigenvalue weighted by Crippen LogP contribution is 2.18. The van der Waals surface area contributed by atoms with Gasteiger partial charge in [0, 0.05) is 6.42 Å². The molecule has 0 aromatic carbocycles. The van der Waals surface area contributed by atoms with E-state index in [0.717, 1.165) is 70.6 Å². The molecule has 6 heteroatoms. The highest BCUT2D eigenvalue weighted by atomic mass is 16.5. The summed E-state index contributed by atoms with van der Waals surface area (Å²) in [6.07, 6.45) is 60.6. The van der Waals surface area contributed by atoms with Crippen LogP contribution in [0, 0.1) is 0 Å². The Morgan fingerprint density at radius 3 is 1.29 bits per heavy atom. The fourth-order valence-electron chi connectivity index (χ4n) is 8.46. The second-order valence-electron chi connectivity index (χ2n) is 19.0. The lowest BCUT2D eigenvalue weighted by Crippen LogP contribution is -2.46. The molecule has 0 aromatic heterocycles. The number of esters is 1. The van der Waals surface area contributed by atoms with Gasteiger partial charge in [-0.3, -0.25) is 9.59 Å². The Kier molecular flexibility index (Phi) is 49.5. The van der Waals surface area contributed by atoms with Crippen molar-refractivity contribution >= 4 is 11.9 Å². The zero-order chi connectivity index (χ0) is 45.9. The van der Waals surface area contributed by atoms with E-state index >= 15 is 0 Å². The third-order valence-corrected chi connectivity index (χ3v) is 12.7. The number of unbranched alkanes of at least 4 members (excludes halogenated alkanes) is 32. The molecule has 0 spiro atoms. The van der Waals surface area contributed by atoms with Gasteiger partial charge in [0.2, 0.25) is 5.91 Å². The van der Waals surface area contributed by atoms with E-state index in [1.54, 1.807) is 0 Å². The summed E-state index contributed by atoms with van der Waals surface area (Å²) in [7, 11) is 0. The third-order valence-electron chi connectivity index (χ3n) is 12.7. The Morgan fingerprint density at radius 1 is 0.460 bits per heavy atom. The van der Waals surface area contributed by atoms with Gasteiger partial charge in [-0.25, -0.2) is 0 Å². The molecule has 0 saturated heterocycles. The van der Waals surface area contributed by atoms with Crippen LogP contribution in [0.4, 0.5) is 0 Å². The molecule has 3 unspecified atom stereocenters. The van der Waals surface area contributed by atoms with Crippen LogP contribution in [0.25, 0.3) is 0 Å². The number of aliphatic hydroxyl groups excluding tert-OH is 2. The number of rotatable bonds is 50. The molecule has 63 heavy (non-hydrogen) atoms. The average molecular weight is 886 g/mol. The van der Waals surface area contributed by atoms with E-state index in [-0.39, 0.29) is 24.9 Å². The van der Waals surface area contributed by atoms with Crippen molar-refractivity contribution < 1.29 is 24.5 Å². The molecular weight excluding hydrogens is 779 g/mol. The van der Waals surface area contributed by atoms with E-state index in [4.69, 9.17) is 4.74 Å². The van der Waals surface area contributed by atoms with Gasteiger partial charge in [0.15, 0.2) is 0 Å². The smallest absolute Gasteiger partial charge is 0.306 e. The summed E-state index contributed by atoms with van der Waals surface area (Å²) in [6.45, 7) is 6.47. The van der Waals surface area contributed by atoms with Crippen molar-refractivity contribution in [3.05, 3.63) is 36.5 Å². The van der Waals surface area contributed by atoms with Crippen molar-refractivity contribution in [1.82, 2.24) is 5.32 Å². The van der Waals surface area contributed by atoms with Crippen LogP contribution in [0.3, 0.4) is 0 Å². The van der Waals surface area contributed by atoms with Crippen LogP contribution in [0.5, 0.6) is 0 Å². The minimum Gasteiger partial charge on any atom is -0.462 e. The van der Waals surface area contributed by atoms with E-state index in [0.29, 0.717) is 19.3 Å². The van der Waals surface area contributed by atoms with Gasteiger partial charge < -0.3 is 20.3 Å². The Bertz CT molecular complexity index is 1040. The van der Waals surface area contributed by atoms with E-state index in [1.165, 1.54) is 173 Å². The number of aliphatic hydroxyl groups is 2. The van der Waals surface area contributed by atoms with Crippen LogP contribution < -0.4 is 5.32 Å². The van der Waals surface area contributed by atoms with Gasteiger partial charge in [0.05, 0.1) is 25.2 Å². The van der Waals surface area contributed by atoms with Gasteiger partial charge in [-0.15, -0.1) is 0 Å². The van der Waals surface area contributed by atoms with Crippen LogP contribution in [0.15, 0.2) is 36.5 Å². The lowest BCUT2D eigenvalue weighted by molar-refractivity contribution is -0.151. The van der Waals surface area contributed by atoms with Gasteiger partial charge in [-0.05, 0) is 77.0 Å². The molecule has 1 amide bonds. The van der Waals surface area contributed by atoms with E-state index < -0.39 is 18.2 Å². The van der Waals surface area contributed by atoms with Crippen LogP contribution >= 0.6 is 0 Å². The van der Waals surface area contributed by atoms with Crippen molar-refractivity contribution in [2.45, 2.75) is 309 Å². The number of hydrogen-bond acceptors (Lipinski definition) is 5. The van der Waals surface area contributed by atoms with Gasteiger partial charge >= 0.3 is 5.97 Å². The monoisotopic (exact) mass is 886 g/mol. The van der Waals surface area contributed by atoms with Gasteiger partial charge in [0.25, 0.3) is 0 Å². The Morgan fingerprint density at radius 2 is 0.825 bits per heavy atom. The fourth-order valence-corrected chi connectivity index (χ4v) is 8.46. The molecule has 6 nitrogen and oxygen atoms in total. The number of ether oxygens (including phenoxy) is 1. The maximum Gasteiger partial charge on any atom is 0.306 e. The summed E-state index contributed by atoms with van der Waals surface area (Å²) >= 11 is 0. The topological polar surface area (TPSA) is 95.9 Å². The lowest BCUT2D eigenvalue weighted by atomic mass is 10.0. The molecule has 0 aliphatic rings. The number of nitrogens with one attached hydrogen (secondary N) is 1. The first-order valence-electron chi connectivity index (χ1n) is 27.7. The first-order chi connectivity index (χ1) is 31.0. The molecule has 0 saturated carbocycles. The standard InChI is InChI=1S/C57H107NO5/c1-4-7-10-13-16-19-22-25-27-28-30-32-35-38-41-44-47-50-57(62)63-53(48-45-42-39-36-33-24-21-18-15-12-9-6-3)51-56(61)58-54(52-59)55(60)49-46-43-40-37-34-31-29-26-23-20-17-14-11-8-5-2/h16,19,25,27,36,39,53-55,59-60H,4-15,17-18,20-24,26,28-35,37-38,40-52H2,1-3H3,(H,58,61)/b19-16-,27-25-,39-36-. The molecule has 370 valence electrons. The Labute approximate surface area is 392 Å². The van der Waals surface area contributed by atoms with Gasteiger partial charge in [-0.2, -0.15) is 0 Å². The van der Waals surface area contributed by atoms with E-state index in [1.807, 2.05) is 0 Å².